The molecule has 1 atom stereocenters. The van der Waals surface area contributed by atoms with Crippen LogP contribution in [-0.2, 0) is 17.7 Å². The molecule has 2 rings (SSSR count). The minimum atomic E-state index is -0.401. The molecule has 1 aliphatic carbocycles. The van der Waals surface area contributed by atoms with Gasteiger partial charge in [-0.25, -0.2) is 0 Å². The first-order valence-corrected chi connectivity index (χ1v) is 8.73. The Morgan fingerprint density at radius 2 is 2.20 bits per heavy atom. The summed E-state index contributed by atoms with van der Waals surface area (Å²) < 4.78 is 5.79. The van der Waals surface area contributed by atoms with Crippen LogP contribution in [0.1, 0.15) is 49.5 Å². The second-order valence-corrected chi connectivity index (χ2v) is 6.60. The quantitative estimate of drug-likeness (QED) is 0.774. The Morgan fingerprint density at radius 1 is 1.40 bits per heavy atom. The van der Waals surface area contributed by atoms with Crippen LogP contribution in [0.4, 0.5) is 0 Å². The van der Waals surface area contributed by atoms with Gasteiger partial charge in [0.2, 0.25) is 0 Å². The lowest BCUT2D eigenvalue weighted by atomic mass is 9.98. The molecule has 2 N–H and O–H groups in total. The van der Waals surface area contributed by atoms with Gasteiger partial charge < -0.3 is 15.2 Å². The summed E-state index contributed by atoms with van der Waals surface area (Å²) in [5.74, 6) is 0. The molecular formula is C16H27NO2S. The molecule has 114 valence electrons. The first-order valence-electron chi connectivity index (χ1n) is 7.85. The van der Waals surface area contributed by atoms with Gasteiger partial charge in [-0.1, -0.05) is 26.2 Å². The molecule has 0 amide bonds. The van der Waals surface area contributed by atoms with Crippen LogP contribution in [-0.4, -0.2) is 30.5 Å². The van der Waals surface area contributed by atoms with E-state index in [-0.39, 0.29) is 0 Å². The molecule has 1 heterocycles. The molecule has 0 aromatic carbocycles. The van der Waals surface area contributed by atoms with Crippen LogP contribution in [0, 0.1) is 0 Å². The minimum Gasteiger partial charge on any atom is -0.389 e. The van der Waals surface area contributed by atoms with Crippen molar-refractivity contribution in [3.8, 4) is 0 Å². The lowest BCUT2D eigenvalue weighted by Crippen LogP contribution is -2.32. The third kappa shape index (κ3) is 5.17. The van der Waals surface area contributed by atoms with E-state index in [9.17, 15) is 5.11 Å². The van der Waals surface area contributed by atoms with E-state index >= 15 is 0 Å². The summed E-state index contributed by atoms with van der Waals surface area (Å²) in [5, 5.41) is 15.4. The molecule has 1 aliphatic rings. The summed E-state index contributed by atoms with van der Waals surface area (Å²) in [7, 11) is 0. The standard InChI is InChI=1S/C16H27NO2S/c1-2-13-8-9-20-16(13)11-17-10-14(18)12-19-15-6-4-3-5-7-15/h8-9,14-15,17-18H,2-7,10-12H2,1H3. The Labute approximate surface area is 126 Å². The molecule has 0 bridgehead atoms. The highest BCUT2D eigenvalue weighted by molar-refractivity contribution is 7.10. The van der Waals surface area contributed by atoms with Gasteiger partial charge in [0.05, 0.1) is 18.8 Å². The molecule has 20 heavy (non-hydrogen) atoms. The summed E-state index contributed by atoms with van der Waals surface area (Å²) in [5.41, 5.74) is 1.41. The fourth-order valence-corrected chi connectivity index (χ4v) is 3.67. The molecular weight excluding hydrogens is 270 g/mol. The second kappa shape index (κ2) is 8.78. The number of aliphatic hydroxyl groups is 1. The van der Waals surface area contributed by atoms with Crippen molar-refractivity contribution in [2.45, 2.75) is 64.2 Å². The van der Waals surface area contributed by atoms with Crippen LogP contribution in [0.2, 0.25) is 0 Å². The number of aliphatic hydroxyl groups excluding tert-OH is 1. The first-order chi connectivity index (χ1) is 9.79. The van der Waals surface area contributed by atoms with Crippen LogP contribution in [0.3, 0.4) is 0 Å². The van der Waals surface area contributed by atoms with Crippen molar-refractivity contribution >= 4 is 11.3 Å². The van der Waals surface area contributed by atoms with Crippen LogP contribution in [0.15, 0.2) is 11.4 Å². The van der Waals surface area contributed by atoms with Crippen LogP contribution >= 0.6 is 11.3 Å². The normalized spacial score (nSPS) is 18.3. The molecule has 0 aliphatic heterocycles. The fraction of sp³-hybridized carbons (Fsp3) is 0.750. The maximum Gasteiger partial charge on any atom is 0.0897 e. The maximum absolute atomic E-state index is 9.95. The van der Waals surface area contributed by atoms with Gasteiger partial charge in [-0.15, -0.1) is 11.3 Å². The Morgan fingerprint density at radius 3 is 2.95 bits per heavy atom. The van der Waals surface area contributed by atoms with Gasteiger partial charge >= 0.3 is 0 Å². The van der Waals surface area contributed by atoms with Gasteiger partial charge in [0.1, 0.15) is 0 Å². The molecule has 0 saturated heterocycles. The number of ether oxygens (including phenoxy) is 1. The maximum atomic E-state index is 9.95. The van der Waals surface area contributed by atoms with Crippen molar-refractivity contribution in [1.82, 2.24) is 5.32 Å². The highest BCUT2D eigenvalue weighted by atomic mass is 32.1. The summed E-state index contributed by atoms with van der Waals surface area (Å²) in [6.07, 6.45) is 7.27. The lowest BCUT2D eigenvalue weighted by Gasteiger charge is -2.23. The van der Waals surface area contributed by atoms with E-state index in [1.807, 2.05) is 0 Å². The number of thiophene rings is 1. The van der Waals surface area contributed by atoms with E-state index in [1.54, 1.807) is 11.3 Å². The van der Waals surface area contributed by atoms with Gasteiger partial charge in [0.25, 0.3) is 0 Å². The molecule has 3 nitrogen and oxygen atoms in total. The van der Waals surface area contributed by atoms with Crippen molar-refractivity contribution in [3.63, 3.8) is 0 Å². The smallest absolute Gasteiger partial charge is 0.0897 e. The zero-order chi connectivity index (χ0) is 14.2. The topological polar surface area (TPSA) is 41.5 Å². The Balaban J connectivity index is 1.59. The monoisotopic (exact) mass is 297 g/mol. The Bertz CT molecular complexity index is 374. The average Bonchev–Trinajstić information content (AvgIpc) is 2.94. The summed E-state index contributed by atoms with van der Waals surface area (Å²) in [4.78, 5) is 1.38. The molecule has 0 spiro atoms. The predicted molar refractivity (Wildman–Crippen MR) is 84.2 cm³/mol. The van der Waals surface area contributed by atoms with Gasteiger partial charge in [-0.3, -0.25) is 0 Å². The van der Waals surface area contributed by atoms with Gasteiger partial charge in [-0.2, -0.15) is 0 Å². The molecule has 1 saturated carbocycles. The minimum absolute atomic E-state index is 0.377. The first kappa shape index (κ1) is 16.0. The predicted octanol–water partition coefficient (Wildman–Crippen LogP) is 3.11. The van der Waals surface area contributed by atoms with Gasteiger partial charge in [0.15, 0.2) is 0 Å². The highest BCUT2D eigenvalue weighted by Gasteiger charge is 2.15. The van der Waals surface area contributed by atoms with E-state index in [1.165, 1.54) is 29.7 Å². The van der Waals surface area contributed by atoms with E-state index in [2.05, 4.69) is 23.7 Å². The van der Waals surface area contributed by atoms with Crippen molar-refractivity contribution in [1.29, 1.82) is 0 Å². The average molecular weight is 297 g/mol. The number of aryl methyl sites for hydroxylation is 1. The molecule has 1 aromatic heterocycles. The number of hydrogen-bond acceptors (Lipinski definition) is 4. The van der Waals surface area contributed by atoms with E-state index < -0.39 is 6.10 Å². The van der Waals surface area contributed by atoms with E-state index in [4.69, 9.17) is 4.74 Å². The molecule has 1 aromatic rings. The number of nitrogens with one attached hydrogen (secondary N) is 1. The summed E-state index contributed by atoms with van der Waals surface area (Å²) in [6, 6.07) is 2.18. The summed E-state index contributed by atoms with van der Waals surface area (Å²) >= 11 is 1.79. The van der Waals surface area contributed by atoms with Crippen molar-refractivity contribution in [2.24, 2.45) is 0 Å². The van der Waals surface area contributed by atoms with E-state index in [0.717, 1.165) is 25.8 Å². The van der Waals surface area contributed by atoms with Crippen molar-refractivity contribution in [3.05, 3.63) is 21.9 Å². The van der Waals surface area contributed by atoms with Crippen LogP contribution < -0.4 is 5.32 Å². The second-order valence-electron chi connectivity index (χ2n) is 5.60. The Kier molecular flexibility index (Phi) is 7.00. The fourth-order valence-electron chi connectivity index (χ4n) is 2.73. The lowest BCUT2D eigenvalue weighted by molar-refractivity contribution is -0.0230. The molecule has 4 heteroatoms. The zero-order valence-corrected chi connectivity index (χ0v) is 13.3. The van der Waals surface area contributed by atoms with E-state index in [0.29, 0.717) is 19.3 Å². The van der Waals surface area contributed by atoms with Gasteiger partial charge in [-0.05, 0) is 36.3 Å². The summed E-state index contributed by atoms with van der Waals surface area (Å²) in [6.45, 7) is 4.09. The van der Waals surface area contributed by atoms with Crippen molar-refractivity contribution < 1.29 is 9.84 Å². The zero-order valence-electron chi connectivity index (χ0n) is 12.4. The van der Waals surface area contributed by atoms with Gasteiger partial charge in [0, 0.05) is 18.0 Å². The van der Waals surface area contributed by atoms with Crippen LogP contribution in [0.5, 0.6) is 0 Å². The largest absolute Gasteiger partial charge is 0.389 e. The SMILES string of the molecule is CCc1ccsc1CNCC(O)COC1CCCCC1. The molecule has 0 radical (unpaired) electrons. The third-order valence-corrected chi connectivity index (χ3v) is 4.92. The highest BCUT2D eigenvalue weighted by Crippen LogP contribution is 2.20. The number of hydrogen-bond donors (Lipinski definition) is 2. The van der Waals surface area contributed by atoms with Crippen LogP contribution in [0.25, 0.3) is 0 Å². The number of rotatable bonds is 8. The van der Waals surface area contributed by atoms with Crippen molar-refractivity contribution in [2.75, 3.05) is 13.2 Å². The Hall–Kier alpha value is -0.420. The molecule has 1 unspecified atom stereocenters. The third-order valence-electron chi connectivity index (χ3n) is 3.96. The molecule has 1 fully saturated rings.